The van der Waals surface area contributed by atoms with Crippen molar-refractivity contribution < 1.29 is 14.3 Å². The second-order valence-corrected chi connectivity index (χ2v) is 6.72. The van der Waals surface area contributed by atoms with Gasteiger partial charge in [-0.15, -0.1) is 0 Å². The molecule has 142 valence electrons. The molecule has 0 spiro atoms. The first-order valence-corrected chi connectivity index (χ1v) is 8.89. The Morgan fingerprint density at radius 3 is 2.57 bits per heavy atom. The molecular formula is C20H19N5O3. The average molecular weight is 377 g/mol. The lowest BCUT2D eigenvalue weighted by Gasteiger charge is -2.12. The van der Waals surface area contributed by atoms with Gasteiger partial charge >= 0.3 is 0 Å². The van der Waals surface area contributed by atoms with E-state index < -0.39 is 5.91 Å². The molecule has 1 aromatic carbocycles. The van der Waals surface area contributed by atoms with Gasteiger partial charge in [0, 0.05) is 17.5 Å². The molecule has 1 aromatic heterocycles. The molecule has 8 nitrogen and oxygen atoms in total. The van der Waals surface area contributed by atoms with Crippen molar-refractivity contribution in [3.8, 4) is 5.75 Å². The molecule has 28 heavy (non-hydrogen) atoms. The van der Waals surface area contributed by atoms with Crippen LogP contribution >= 0.6 is 0 Å². The van der Waals surface area contributed by atoms with Crippen LogP contribution in [-0.2, 0) is 4.79 Å². The Balaban J connectivity index is 1.66. The Morgan fingerprint density at radius 2 is 1.96 bits per heavy atom. The number of nitrogens with zero attached hydrogens (tertiary/aromatic N) is 4. The Morgan fingerprint density at radius 1 is 1.25 bits per heavy atom. The standard InChI is InChI=1S/C20H19N5O3/c1-11-12(2)21-20(23-18(11)26)25-17(10-16(24-25)13-4-5-13)22-19(27)14-6-8-15(28-3)9-7-14/h6-10,13H,1,4-5H2,2-3H3,(H,22,27). The first-order valence-electron chi connectivity index (χ1n) is 8.89. The predicted molar refractivity (Wildman–Crippen MR) is 105 cm³/mol. The molecule has 4 rings (SSSR count). The lowest BCUT2D eigenvalue weighted by molar-refractivity contribution is -0.113. The van der Waals surface area contributed by atoms with Crippen LogP contribution in [0.1, 0.15) is 41.7 Å². The molecule has 1 N–H and O–H groups in total. The normalized spacial score (nSPS) is 16.5. The van der Waals surface area contributed by atoms with E-state index in [1.54, 1.807) is 44.4 Å². The Hall–Kier alpha value is -3.55. The maximum atomic E-state index is 12.7. The van der Waals surface area contributed by atoms with E-state index in [0.717, 1.165) is 18.5 Å². The topological polar surface area (TPSA) is 97.9 Å². The number of ether oxygens (including phenoxy) is 1. The third-order valence-corrected chi connectivity index (χ3v) is 4.67. The number of carbonyl (C=O) groups is 2. The number of hydrogen-bond acceptors (Lipinski definition) is 5. The van der Waals surface area contributed by atoms with Crippen LogP contribution in [0.3, 0.4) is 0 Å². The first-order chi connectivity index (χ1) is 13.5. The summed E-state index contributed by atoms with van der Waals surface area (Å²) in [7, 11) is 1.57. The maximum absolute atomic E-state index is 12.7. The summed E-state index contributed by atoms with van der Waals surface area (Å²) in [4.78, 5) is 33.0. The largest absolute Gasteiger partial charge is 0.497 e. The predicted octanol–water partition coefficient (Wildman–Crippen LogP) is 2.78. The monoisotopic (exact) mass is 377 g/mol. The van der Waals surface area contributed by atoms with Gasteiger partial charge in [-0.05, 0) is 44.0 Å². The highest BCUT2D eigenvalue weighted by atomic mass is 16.5. The molecule has 0 atom stereocenters. The number of rotatable bonds is 4. The Labute approximate surface area is 161 Å². The third-order valence-electron chi connectivity index (χ3n) is 4.67. The maximum Gasteiger partial charge on any atom is 0.281 e. The average Bonchev–Trinajstić information content (AvgIpc) is 3.46. The summed E-state index contributed by atoms with van der Waals surface area (Å²) in [5.74, 6) is 0.790. The summed E-state index contributed by atoms with van der Waals surface area (Å²) < 4.78 is 6.52. The molecule has 0 saturated heterocycles. The van der Waals surface area contributed by atoms with Gasteiger partial charge in [0.15, 0.2) is 0 Å². The second kappa shape index (κ2) is 6.88. The van der Waals surface area contributed by atoms with Gasteiger partial charge in [0.25, 0.3) is 17.8 Å². The number of amides is 2. The summed E-state index contributed by atoms with van der Waals surface area (Å²) in [5, 5.41) is 7.37. The summed E-state index contributed by atoms with van der Waals surface area (Å²) >= 11 is 0. The van der Waals surface area contributed by atoms with Crippen LogP contribution in [0.2, 0.25) is 0 Å². The lowest BCUT2D eigenvalue weighted by atomic mass is 10.2. The van der Waals surface area contributed by atoms with Crippen LogP contribution < -0.4 is 10.1 Å². The number of nitrogens with one attached hydrogen (secondary N) is 1. The molecule has 0 bridgehead atoms. The van der Waals surface area contributed by atoms with Crippen LogP contribution in [-0.4, -0.2) is 40.4 Å². The third kappa shape index (κ3) is 3.36. The SMILES string of the molecule is C=C1C(=O)N=C(n2nc(C3CC3)cc2NC(=O)c2ccc(OC)cc2)N=C1C. The molecule has 2 amide bonds. The molecule has 1 saturated carbocycles. The van der Waals surface area contributed by atoms with E-state index in [4.69, 9.17) is 4.74 Å². The van der Waals surface area contributed by atoms with Crippen molar-refractivity contribution in [1.29, 1.82) is 0 Å². The van der Waals surface area contributed by atoms with Crippen LogP contribution in [0.15, 0.2) is 52.5 Å². The summed E-state index contributed by atoms with van der Waals surface area (Å²) in [6.07, 6.45) is 2.10. The van der Waals surface area contributed by atoms with Crippen molar-refractivity contribution in [3.63, 3.8) is 0 Å². The lowest BCUT2D eigenvalue weighted by Crippen LogP contribution is -2.25. The molecular weight excluding hydrogens is 358 g/mol. The van der Waals surface area contributed by atoms with Gasteiger partial charge in [-0.1, -0.05) is 6.58 Å². The molecule has 8 heteroatoms. The molecule has 2 heterocycles. The summed E-state index contributed by atoms with van der Waals surface area (Å²) in [5.41, 5.74) is 2.04. The van der Waals surface area contributed by atoms with Crippen LogP contribution in [0.4, 0.5) is 5.82 Å². The molecule has 2 aromatic rings. The van der Waals surface area contributed by atoms with Crippen LogP contribution in [0, 0.1) is 0 Å². The van der Waals surface area contributed by atoms with Crippen molar-refractivity contribution >= 4 is 29.3 Å². The minimum Gasteiger partial charge on any atom is -0.497 e. The van der Waals surface area contributed by atoms with E-state index in [9.17, 15) is 9.59 Å². The molecule has 1 fully saturated rings. The van der Waals surface area contributed by atoms with Gasteiger partial charge in [-0.2, -0.15) is 14.8 Å². The number of hydrogen-bond donors (Lipinski definition) is 1. The zero-order chi connectivity index (χ0) is 19.8. The van der Waals surface area contributed by atoms with E-state index in [-0.39, 0.29) is 17.4 Å². The van der Waals surface area contributed by atoms with Crippen LogP contribution in [0.25, 0.3) is 0 Å². The summed E-state index contributed by atoms with van der Waals surface area (Å²) in [6.45, 7) is 5.37. The van der Waals surface area contributed by atoms with Crippen molar-refractivity contribution in [2.24, 2.45) is 9.98 Å². The molecule has 0 unspecified atom stereocenters. The number of methoxy groups -OCH3 is 1. The molecule has 1 aliphatic heterocycles. The Kier molecular flexibility index (Phi) is 4.38. The van der Waals surface area contributed by atoms with Crippen LogP contribution in [0.5, 0.6) is 5.75 Å². The minimum absolute atomic E-state index is 0.117. The highest BCUT2D eigenvalue weighted by Gasteiger charge is 2.29. The highest BCUT2D eigenvalue weighted by Crippen LogP contribution is 2.40. The fourth-order valence-corrected chi connectivity index (χ4v) is 2.80. The number of carbonyl (C=O) groups excluding carboxylic acids is 2. The quantitative estimate of drug-likeness (QED) is 0.829. The fraction of sp³-hybridized carbons (Fsp3) is 0.250. The number of benzene rings is 1. The number of aliphatic imine (C=N–C) groups is 2. The van der Waals surface area contributed by atoms with E-state index in [1.807, 2.05) is 0 Å². The van der Waals surface area contributed by atoms with Gasteiger partial charge in [0.05, 0.1) is 24.1 Å². The van der Waals surface area contributed by atoms with Crippen molar-refractivity contribution in [2.45, 2.75) is 25.7 Å². The number of anilines is 1. The van der Waals surface area contributed by atoms with Crippen molar-refractivity contribution in [3.05, 3.63) is 53.7 Å². The van der Waals surface area contributed by atoms with Gasteiger partial charge in [0.1, 0.15) is 11.6 Å². The van der Waals surface area contributed by atoms with E-state index >= 15 is 0 Å². The van der Waals surface area contributed by atoms with Gasteiger partial charge < -0.3 is 10.1 Å². The highest BCUT2D eigenvalue weighted by molar-refractivity contribution is 6.28. The number of aromatic nitrogens is 2. The van der Waals surface area contributed by atoms with Crippen molar-refractivity contribution in [1.82, 2.24) is 9.78 Å². The van der Waals surface area contributed by atoms with Gasteiger partial charge in [-0.3, -0.25) is 9.59 Å². The van der Waals surface area contributed by atoms with E-state index in [2.05, 4.69) is 27.0 Å². The molecule has 1 aliphatic carbocycles. The zero-order valence-corrected chi connectivity index (χ0v) is 15.6. The Bertz CT molecular complexity index is 1040. The minimum atomic E-state index is -0.460. The van der Waals surface area contributed by atoms with E-state index in [0.29, 0.717) is 28.8 Å². The van der Waals surface area contributed by atoms with Crippen molar-refractivity contribution in [2.75, 3.05) is 12.4 Å². The van der Waals surface area contributed by atoms with Gasteiger partial charge in [-0.25, -0.2) is 4.99 Å². The summed E-state index contributed by atoms with van der Waals surface area (Å²) in [6, 6.07) is 8.57. The molecule has 2 aliphatic rings. The second-order valence-electron chi connectivity index (χ2n) is 6.72. The fourth-order valence-electron chi connectivity index (χ4n) is 2.80. The van der Waals surface area contributed by atoms with E-state index in [1.165, 1.54) is 4.68 Å². The molecule has 0 radical (unpaired) electrons. The smallest absolute Gasteiger partial charge is 0.281 e. The zero-order valence-electron chi connectivity index (χ0n) is 15.6. The first kappa shape index (κ1) is 17.8. The van der Waals surface area contributed by atoms with Gasteiger partial charge in [0.2, 0.25) is 0 Å².